The summed E-state index contributed by atoms with van der Waals surface area (Å²) in [5.74, 6) is -0.0909. The maximum Gasteiger partial charge on any atom is 0.191 e. The van der Waals surface area contributed by atoms with Crippen molar-refractivity contribution in [2.45, 2.75) is 12.8 Å². The predicted octanol–water partition coefficient (Wildman–Crippen LogP) is 2.04. The minimum Gasteiger partial charge on any atom is -0.399 e. The number of aldehydes is 1. The Morgan fingerprint density at radius 3 is 3.06 bits per heavy atom. The van der Waals surface area contributed by atoms with E-state index >= 15 is 0 Å². The maximum absolute atomic E-state index is 11.6. The zero-order chi connectivity index (χ0) is 11.5. The Morgan fingerprint density at radius 2 is 2.31 bits per heavy atom. The lowest BCUT2D eigenvalue weighted by molar-refractivity contribution is -0.107. The minimum atomic E-state index is -0.0909. The van der Waals surface area contributed by atoms with Gasteiger partial charge in [-0.2, -0.15) is 0 Å². The summed E-state index contributed by atoms with van der Waals surface area (Å²) in [7, 11) is 0. The van der Waals surface area contributed by atoms with Crippen LogP contribution >= 0.6 is 11.3 Å². The number of thiazole rings is 1. The fourth-order valence-corrected chi connectivity index (χ4v) is 2.34. The minimum absolute atomic E-state index is 0.0909. The maximum atomic E-state index is 11.6. The van der Waals surface area contributed by atoms with Gasteiger partial charge in [-0.1, -0.05) is 0 Å². The fourth-order valence-electron chi connectivity index (χ4n) is 1.36. The van der Waals surface area contributed by atoms with Gasteiger partial charge in [0.15, 0.2) is 10.8 Å². The van der Waals surface area contributed by atoms with Crippen molar-refractivity contribution < 1.29 is 9.59 Å². The molecule has 0 atom stereocenters. The first-order valence-electron chi connectivity index (χ1n) is 4.83. The van der Waals surface area contributed by atoms with Crippen LogP contribution in [0, 0.1) is 0 Å². The number of anilines is 1. The zero-order valence-corrected chi connectivity index (χ0v) is 9.29. The summed E-state index contributed by atoms with van der Waals surface area (Å²) in [5.41, 5.74) is 7.06. The highest BCUT2D eigenvalue weighted by Gasteiger charge is 2.11. The fraction of sp³-hybridized carbons (Fsp3) is 0.182. The van der Waals surface area contributed by atoms with E-state index in [4.69, 9.17) is 5.73 Å². The smallest absolute Gasteiger partial charge is 0.191 e. The van der Waals surface area contributed by atoms with Crippen LogP contribution < -0.4 is 5.73 Å². The van der Waals surface area contributed by atoms with Crippen LogP contribution in [0.15, 0.2) is 18.2 Å². The largest absolute Gasteiger partial charge is 0.399 e. The topological polar surface area (TPSA) is 73.0 Å². The molecular weight excluding hydrogens is 224 g/mol. The van der Waals surface area contributed by atoms with Crippen molar-refractivity contribution in [3.63, 3.8) is 0 Å². The van der Waals surface area contributed by atoms with Crippen molar-refractivity contribution in [3.05, 3.63) is 23.2 Å². The molecule has 2 rings (SSSR count). The monoisotopic (exact) mass is 234 g/mol. The van der Waals surface area contributed by atoms with Gasteiger partial charge < -0.3 is 10.5 Å². The Balaban J connectivity index is 2.32. The molecule has 0 spiro atoms. The number of benzene rings is 1. The number of Topliss-reactive ketones (excluding diaryl/α,β-unsaturated/α-hetero) is 1. The normalized spacial score (nSPS) is 10.5. The van der Waals surface area contributed by atoms with Crippen LogP contribution in [0.1, 0.15) is 22.6 Å². The number of hydrogen-bond donors (Lipinski definition) is 1. The van der Waals surface area contributed by atoms with Crippen LogP contribution in [-0.2, 0) is 4.79 Å². The van der Waals surface area contributed by atoms with Gasteiger partial charge >= 0.3 is 0 Å². The number of carbonyl (C=O) groups excluding carboxylic acids is 2. The highest BCUT2D eigenvalue weighted by atomic mass is 32.1. The third-order valence-corrected chi connectivity index (χ3v) is 3.20. The van der Waals surface area contributed by atoms with Gasteiger partial charge in [0.05, 0.1) is 10.2 Å². The summed E-state index contributed by atoms with van der Waals surface area (Å²) in [4.78, 5) is 26.0. The molecule has 82 valence electrons. The summed E-state index contributed by atoms with van der Waals surface area (Å²) >= 11 is 1.31. The number of rotatable bonds is 4. The average Bonchev–Trinajstić information content (AvgIpc) is 2.68. The van der Waals surface area contributed by atoms with Gasteiger partial charge in [-0.15, -0.1) is 11.3 Å². The number of nitrogen functional groups attached to an aromatic ring is 1. The van der Waals surface area contributed by atoms with Crippen molar-refractivity contribution in [3.8, 4) is 0 Å². The first-order chi connectivity index (χ1) is 7.70. The summed E-state index contributed by atoms with van der Waals surface area (Å²) in [5, 5.41) is 0.447. The quantitative estimate of drug-likeness (QED) is 0.499. The number of nitrogens with two attached hydrogens (primary N) is 1. The van der Waals surface area contributed by atoms with E-state index in [1.165, 1.54) is 11.3 Å². The number of nitrogens with zero attached hydrogens (tertiary/aromatic N) is 1. The Labute approximate surface area is 96.1 Å². The molecule has 1 aromatic heterocycles. The number of aromatic nitrogens is 1. The molecule has 0 bridgehead atoms. The lowest BCUT2D eigenvalue weighted by Crippen LogP contribution is -1.97. The molecule has 0 saturated heterocycles. The Bertz CT molecular complexity index is 548. The molecule has 0 aliphatic carbocycles. The van der Waals surface area contributed by atoms with Gasteiger partial charge in [0.2, 0.25) is 0 Å². The van der Waals surface area contributed by atoms with Crippen molar-refractivity contribution in [2.75, 3.05) is 5.73 Å². The highest BCUT2D eigenvalue weighted by Crippen LogP contribution is 2.25. The van der Waals surface area contributed by atoms with Crippen LogP contribution in [0.4, 0.5) is 5.69 Å². The summed E-state index contributed by atoms with van der Waals surface area (Å²) in [6.45, 7) is 0. The lowest BCUT2D eigenvalue weighted by atomic mass is 10.2. The molecule has 1 heterocycles. The predicted molar refractivity (Wildman–Crippen MR) is 63.7 cm³/mol. The number of hydrogen-bond acceptors (Lipinski definition) is 5. The van der Waals surface area contributed by atoms with Crippen molar-refractivity contribution in [2.24, 2.45) is 0 Å². The molecule has 0 fully saturated rings. The third kappa shape index (κ3) is 2.09. The standard InChI is InChI=1S/C11H10N2O2S/c12-7-3-4-8-10(6-7)16-11(13-8)9(15)2-1-5-14/h3-6H,1-2,12H2. The van der Waals surface area contributed by atoms with E-state index in [-0.39, 0.29) is 18.6 Å². The molecule has 0 aliphatic rings. The zero-order valence-electron chi connectivity index (χ0n) is 8.47. The second-order valence-corrected chi connectivity index (χ2v) is 4.41. The van der Waals surface area contributed by atoms with Gasteiger partial charge in [-0.3, -0.25) is 4.79 Å². The van der Waals surface area contributed by atoms with Crippen molar-refractivity contribution in [1.29, 1.82) is 0 Å². The molecule has 16 heavy (non-hydrogen) atoms. The van der Waals surface area contributed by atoms with Gasteiger partial charge in [-0.25, -0.2) is 4.98 Å². The molecule has 5 heteroatoms. The Morgan fingerprint density at radius 1 is 1.50 bits per heavy atom. The van der Waals surface area contributed by atoms with Crippen LogP contribution in [-0.4, -0.2) is 17.1 Å². The van der Waals surface area contributed by atoms with E-state index in [1.54, 1.807) is 18.2 Å². The third-order valence-electron chi connectivity index (χ3n) is 2.14. The Hall–Kier alpha value is -1.75. The van der Waals surface area contributed by atoms with Gasteiger partial charge in [0.25, 0.3) is 0 Å². The molecule has 2 N–H and O–H groups in total. The van der Waals surface area contributed by atoms with Crippen LogP contribution in [0.25, 0.3) is 10.2 Å². The van der Waals surface area contributed by atoms with E-state index in [1.807, 2.05) is 0 Å². The number of carbonyl (C=O) groups is 2. The Kier molecular flexibility index (Phi) is 2.96. The molecule has 1 aromatic carbocycles. The van der Waals surface area contributed by atoms with Crippen molar-refractivity contribution in [1.82, 2.24) is 4.98 Å². The molecule has 0 saturated carbocycles. The SMILES string of the molecule is Nc1ccc2nc(C(=O)CCC=O)sc2c1. The molecule has 0 aliphatic heterocycles. The van der Waals surface area contributed by atoms with E-state index in [9.17, 15) is 9.59 Å². The second-order valence-electron chi connectivity index (χ2n) is 3.37. The first kappa shape index (κ1) is 10.8. The van der Waals surface area contributed by atoms with E-state index in [2.05, 4.69) is 4.98 Å². The number of fused-ring (bicyclic) bond motifs is 1. The molecular formula is C11H10N2O2S. The van der Waals surface area contributed by atoms with Crippen molar-refractivity contribution >= 4 is 39.3 Å². The van der Waals surface area contributed by atoms with Gasteiger partial charge in [0.1, 0.15) is 6.29 Å². The summed E-state index contributed by atoms with van der Waals surface area (Å²) < 4.78 is 0.898. The van der Waals surface area contributed by atoms with Gasteiger partial charge in [0, 0.05) is 18.5 Å². The molecule has 0 radical (unpaired) electrons. The average molecular weight is 234 g/mol. The molecule has 2 aromatic rings. The van der Waals surface area contributed by atoms with Crippen LogP contribution in [0.5, 0.6) is 0 Å². The van der Waals surface area contributed by atoms with E-state index in [0.29, 0.717) is 10.7 Å². The summed E-state index contributed by atoms with van der Waals surface area (Å²) in [6.07, 6.45) is 1.21. The van der Waals surface area contributed by atoms with Gasteiger partial charge in [-0.05, 0) is 18.2 Å². The van der Waals surface area contributed by atoms with E-state index < -0.39 is 0 Å². The highest BCUT2D eigenvalue weighted by molar-refractivity contribution is 7.20. The first-order valence-corrected chi connectivity index (χ1v) is 5.65. The van der Waals surface area contributed by atoms with Crippen LogP contribution in [0.2, 0.25) is 0 Å². The molecule has 0 amide bonds. The van der Waals surface area contributed by atoms with E-state index in [0.717, 1.165) is 16.5 Å². The molecule has 4 nitrogen and oxygen atoms in total. The lowest BCUT2D eigenvalue weighted by Gasteiger charge is -1.89. The van der Waals surface area contributed by atoms with Crippen LogP contribution in [0.3, 0.4) is 0 Å². The summed E-state index contributed by atoms with van der Waals surface area (Å²) in [6, 6.07) is 5.34. The second kappa shape index (κ2) is 4.40. The number of ketones is 1. The molecule has 0 unspecified atom stereocenters.